The molecule has 0 aliphatic carbocycles. The van der Waals surface area contributed by atoms with E-state index in [9.17, 15) is 0 Å². The summed E-state index contributed by atoms with van der Waals surface area (Å²) in [5, 5.41) is 0. The fourth-order valence-corrected chi connectivity index (χ4v) is 5.27. The molecule has 0 saturated carbocycles. The van der Waals surface area contributed by atoms with E-state index < -0.39 is 0 Å². The van der Waals surface area contributed by atoms with E-state index in [2.05, 4.69) is 26.5 Å². The van der Waals surface area contributed by atoms with E-state index in [0.29, 0.717) is 0 Å². The van der Waals surface area contributed by atoms with Crippen molar-refractivity contribution in [1.82, 2.24) is 0 Å². The Kier molecular flexibility index (Phi) is 30.7. The van der Waals surface area contributed by atoms with Gasteiger partial charge in [-0.15, -0.1) is 15.2 Å². The Morgan fingerprint density at radius 1 is 0.607 bits per heavy atom. The topological polar surface area (TPSA) is 0 Å². The molecule has 0 nitrogen and oxygen atoms in total. The SMILES string of the molecule is C=CCC(CCCCCC)CCCCCPCCCCCCCCCCC.[V]. The van der Waals surface area contributed by atoms with Crippen LogP contribution in [0.5, 0.6) is 0 Å². The Morgan fingerprint density at radius 2 is 1.00 bits per heavy atom. The van der Waals surface area contributed by atoms with E-state index in [1.165, 1.54) is 143 Å². The molecule has 1 radical (unpaired) electrons. The molecular weight excluding hydrogens is 394 g/mol. The third-order valence-electron chi connectivity index (χ3n) is 5.89. The van der Waals surface area contributed by atoms with Crippen LogP contribution in [-0.2, 0) is 18.6 Å². The number of unbranched alkanes of at least 4 members (excludes halogenated alkanes) is 13. The van der Waals surface area contributed by atoms with E-state index in [1.807, 2.05) is 0 Å². The van der Waals surface area contributed by atoms with Crippen molar-refractivity contribution in [2.24, 2.45) is 5.92 Å². The first-order chi connectivity index (χ1) is 13.3. The molecule has 2 atom stereocenters. The van der Waals surface area contributed by atoms with Gasteiger partial charge in [0.1, 0.15) is 0 Å². The molecule has 0 saturated heterocycles. The van der Waals surface area contributed by atoms with Crippen molar-refractivity contribution < 1.29 is 18.6 Å². The van der Waals surface area contributed by atoms with E-state index in [4.69, 9.17) is 0 Å². The van der Waals surface area contributed by atoms with Crippen LogP contribution < -0.4 is 0 Å². The second-order valence-electron chi connectivity index (χ2n) is 8.67. The number of allylic oxidation sites excluding steroid dienone is 1. The molecule has 0 aromatic rings. The molecule has 0 aromatic carbocycles. The molecule has 0 aromatic heterocycles. The van der Waals surface area contributed by atoms with Gasteiger partial charge in [0.15, 0.2) is 0 Å². The third kappa shape index (κ3) is 24.8. The van der Waals surface area contributed by atoms with Crippen molar-refractivity contribution in [3.8, 4) is 0 Å². The average molecular weight is 448 g/mol. The first-order valence-corrected chi connectivity index (χ1v) is 14.1. The van der Waals surface area contributed by atoms with Gasteiger partial charge in [-0.3, -0.25) is 0 Å². The van der Waals surface area contributed by atoms with Crippen LogP contribution in [0.25, 0.3) is 0 Å². The summed E-state index contributed by atoms with van der Waals surface area (Å²) >= 11 is 0. The summed E-state index contributed by atoms with van der Waals surface area (Å²) in [5.41, 5.74) is 0. The van der Waals surface area contributed by atoms with E-state index >= 15 is 0 Å². The predicted octanol–water partition coefficient (Wildman–Crippen LogP) is 9.92. The molecule has 0 N–H and O–H groups in total. The molecule has 0 rings (SSSR count). The fourth-order valence-electron chi connectivity index (χ4n) is 4.02. The molecule has 2 unspecified atom stereocenters. The van der Waals surface area contributed by atoms with Gasteiger partial charge in [0.2, 0.25) is 0 Å². The summed E-state index contributed by atoms with van der Waals surface area (Å²) in [6.45, 7) is 8.57. The van der Waals surface area contributed by atoms with Crippen molar-refractivity contribution in [2.45, 2.75) is 136 Å². The summed E-state index contributed by atoms with van der Waals surface area (Å²) in [4.78, 5) is 0. The Hall–Kier alpha value is 0.754. The van der Waals surface area contributed by atoms with Gasteiger partial charge in [-0.25, -0.2) is 0 Å². The fraction of sp³-hybridized carbons (Fsp3) is 0.923. The summed E-state index contributed by atoms with van der Waals surface area (Å²) in [6.07, 6.45) is 32.5. The van der Waals surface area contributed by atoms with Crippen LogP contribution in [0.15, 0.2) is 12.7 Å². The third-order valence-corrected chi connectivity index (χ3v) is 7.30. The smallest absolute Gasteiger partial charge is 0 e. The molecule has 0 spiro atoms. The monoisotopic (exact) mass is 447 g/mol. The number of hydrogen-bond donors (Lipinski definition) is 0. The molecule has 0 aliphatic heterocycles. The summed E-state index contributed by atoms with van der Waals surface area (Å²) in [7, 11) is 1.23. The van der Waals surface area contributed by atoms with Crippen LogP contribution in [0.3, 0.4) is 0 Å². The number of hydrogen-bond acceptors (Lipinski definition) is 0. The van der Waals surface area contributed by atoms with E-state index in [0.717, 1.165) is 5.92 Å². The standard InChI is InChI=1S/C26H53P.V/c1-4-7-9-11-12-13-14-15-19-24-27-25-20-16-18-23-26(21-6-3)22-17-10-8-5-2;/h6,26-27H,3-5,7-25H2,1-2H3;. The summed E-state index contributed by atoms with van der Waals surface area (Å²) in [5.74, 6) is 0.920. The molecule has 0 heterocycles. The van der Waals surface area contributed by atoms with Crippen molar-refractivity contribution in [3.05, 3.63) is 12.7 Å². The van der Waals surface area contributed by atoms with Crippen LogP contribution >= 0.6 is 8.58 Å². The van der Waals surface area contributed by atoms with Gasteiger partial charge in [0.25, 0.3) is 0 Å². The van der Waals surface area contributed by atoms with Crippen LogP contribution in [0.4, 0.5) is 0 Å². The minimum Gasteiger partial charge on any atom is -0.122 e. The zero-order valence-corrected chi connectivity index (χ0v) is 22.1. The molecule has 0 amide bonds. The molecule has 0 aliphatic rings. The molecule has 0 fully saturated rings. The van der Waals surface area contributed by atoms with Crippen LogP contribution in [0.1, 0.15) is 136 Å². The van der Waals surface area contributed by atoms with E-state index in [-0.39, 0.29) is 18.6 Å². The Bertz CT molecular complexity index is 280. The maximum atomic E-state index is 3.97. The second-order valence-corrected chi connectivity index (χ2v) is 10.2. The Balaban J connectivity index is 0. The average Bonchev–Trinajstić information content (AvgIpc) is 2.68. The van der Waals surface area contributed by atoms with Crippen molar-refractivity contribution in [3.63, 3.8) is 0 Å². The van der Waals surface area contributed by atoms with Gasteiger partial charge < -0.3 is 0 Å². The molecular formula is C26H53PV. The van der Waals surface area contributed by atoms with E-state index in [1.54, 1.807) is 0 Å². The van der Waals surface area contributed by atoms with Gasteiger partial charge in [0, 0.05) is 18.6 Å². The number of rotatable bonds is 23. The minimum atomic E-state index is 0. The Morgan fingerprint density at radius 3 is 1.46 bits per heavy atom. The summed E-state index contributed by atoms with van der Waals surface area (Å²) in [6, 6.07) is 0. The first-order valence-electron chi connectivity index (χ1n) is 12.7. The normalized spacial score (nSPS) is 12.4. The largest absolute Gasteiger partial charge is 0.122 e. The van der Waals surface area contributed by atoms with Gasteiger partial charge in [-0.05, 0) is 37.5 Å². The maximum Gasteiger partial charge on any atom is 0 e. The summed E-state index contributed by atoms with van der Waals surface area (Å²) < 4.78 is 0. The van der Waals surface area contributed by atoms with Gasteiger partial charge in [0.05, 0.1) is 0 Å². The quantitative estimate of drug-likeness (QED) is 0.0830. The molecule has 167 valence electrons. The zero-order valence-electron chi connectivity index (χ0n) is 19.7. The second kappa shape index (κ2) is 27.8. The maximum absolute atomic E-state index is 3.97. The zero-order chi connectivity index (χ0) is 19.8. The van der Waals surface area contributed by atoms with Gasteiger partial charge >= 0.3 is 0 Å². The van der Waals surface area contributed by atoms with Crippen molar-refractivity contribution in [1.29, 1.82) is 0 Å². The Labute approximate surface area is 193 Å². The van der Waals surface area contributed by atoms with Gasteiger partial charge in [-0.2, -0.15) is 0 Å². The molecule has 2 heteroatoms. The van der Waals surface area contributed by atoms with Crippen LogP contribution in [0, 0.1) is 5.92 Å². The van der Waals surface area contributed by atoms with Crippen LogP contribution in [-0.4, -0.2) is 12.3 Å². The molecule has 28 heavy (non-hydrogen) atoms. The van der Waals surface area contributed by atoms with Crippen molar-refractivity contribution >= 4 is 8.58 Å². The molecule has 0 bridgehead atoms. The van der Waals surface area contributed by atoms with Crippen LogP contribution in [0.2, 0.25) is 0 Å². The van der Waals surface area contributed by atoms with Gasteiger partial charge in [-0.1, -0.05) is 123 Å². The predicted molar refractivity (Wildman–Crippen MR) is 131 cm³/mol. The minimum absolute atomic E-state index is 0. The first kappa shape index (κ1) is 30.9. The van der Waals surface area contributed by atoms with Crippen molar-refractivity contribution in [2.75, 3.05) is 12.3 Å².